The van der Waals surface area contributed by atoms with Crippen molar-refractivity contribution in [1.29, 1.82) is 0 Å². The Morgan fingerprint density at radius 1 is 1.64 bits per heavy atom. The Morgan fingerprint density at radius 2 is 2.45 bits per heavy atom. The molecule has 0 aromatic carbocycles. The summed E-state index contributed by atoms with van der Waals surface area (Å²) in [6, 6.07) is -0.529. The molecule has 0 saturated carbocycles. The summed E-state index contributed by atoms with van der Waals surface area (Å²) in [4.78, 5) is 10.3. The van der Waals surface area contributed by atoms with Crippen LogP contribution in [0.4, 0.5) is 4.79 Å². The van der Waals surface area contributed by atoms with Crippen LogP contribution < -0.4 is 11.1 Å². The maximum atomic E-state index is 10.3. The number of primary amides is 1. The Kier molecular flexibility index (Phi) is 3.13. The zero-order valence-corrected chi connectivity index (χ0v) is 6.21. The average Bonchev–Trinajstić information content (AvgIpc) is 2.03. The smallest absolute Gasteiger partial charge is 0.312 e. The number of hydrogen-bond acceptors (Lipinski definition) is 3. The summed E-state index contributed by atoms with van der Waals surface area (Å²) in [5, 5.41) is 2.45. The van der Waals surface area contributed by atoms with E-state index in [0.717, 1.165) is 0 Å². The lowest BCUT2D eigenvalue weighted by Gasteiger charge is -2.22. The molecule has 0 aromatic heterocycles. The van der Waals surface area contributed by atoms with Gasteiger partial charge in [0.25, 0.3) is 0 Å². The fourth-order valence-electron chi connectivity index (χ4n) is 0.869. The van der Waals surface area contributed by atoms with Crippen LogP contribution in [-0.2, 0) is 9.47 Å². The number of nitrogens with two attached hydrogens (primary N) is 1. The summed E-state index contributed by atoms with van der Waals surface area (Å²) in [6.07, 6.45) is -0.0451. The molecule has 0 radical (unpaired) electrons. The molecule has 1 saturated heterocycles. The number of ether oxygens (including phenoxy) is 2. The van der Waals surface area contributed by atoms with Crippen LogP contribution in [0.15, 0.2) is 0 Å². The van der Waals surface area contributed by atoms with Gasteiger partial charge in [0.2, 0.25) is 0 Å². The molecular weight excluding hydrogens is 148 g/mol. The standard InChI is InChI=1S/C6H12N2O3/c7-6(9)8-3-5-4-10-1-2-11-5/h5H,1-4H2,(H3,7,8,9). The van der Waals surface area contributed by atoms with Gasteiger partial charge in [-0.3, -0.25) is 0 Å². The Bertz CT molecular complexity index is 134. The lowest BCUT2D eigenvalue weighted by atomic mass is 10.3. The first-order chi connectivity index (χ1) is 5.29. The van der Waals surface area contributed by atoms with Crippen LogP contribution in [0, 0.1) is 0 Å². The highest BCUT2D eigenvalue weighted by atomic mass is 16.6. The van der Waals surface area contributed by atoms with Crippen LogP contribution in [0.5, 0.6) is 0 Å². The summed E-state index contributed by atoms with van der Waals surface area (Å²) in [7, 11) is 0. The highest BCUT2D eigenvalue weighted by Gasteiger charge is 2.13. The molecule has 1 unspecified atom stereocenters. The minimum absolute atomic E-state index is 0.0451. The molecule has 3 N–H and O–H groups in total. The van der Waals surface area contributed by atoms with Gasteiger partial charge in [0, 0.05) is 6.54 Å². The van der Waals surface area contributed by atoms with E-state index in [4.69, 9.17) is 15.2 Å². The fraction of sp³-hybridized carbons (Fsp3) is 0.833. The van der Waals surface area contributed by atoms with Crippen LogP contribution in [0.2, 0.25) is 0 Å². The maximum absolute atomic E-state index is 10.3. The van der Waals surface area contributed by atoms with E-state index in [-0.39, 0.29) is 6.10 Å². The molecule has 1 aliphatic rings. The second-order valence-electron chi connectivity index (χ2n) is 2.31. The summed E-state index contributed by atoms with van der Waals surface area (Å²) >= 11 is 0. The number of rotatable bonds is 2. The van der Waals surface area contributed by atoms with Crippen LogP contribution in [-0.4, -0.2) is 38.5 Å². The van der Waals surface area contributed by atoms with Gasteiger partial charge in [-0.05, 0) is 0 Å². The zero-order chi connectivity index (χ0) is 8.10. The fourth-order valence-corrected chi connectivity index (χ4v) is 0.869. The van der Waals surface area contributed by atoms with E-state index in [2.05, 4.69) is 5.32 Å². The first-order valence-corrected chi connectivity index (χ1v) is 3.51. The second kappa shape index (κ2) is 4.15. The molecule has 11 heavy (non-hydrogen) atoms. The SMILES string of the molecule is NC(=O)NCC1COCCO1. The van der Waals surface area contributed by atoms with Gasteiger partial charge in [-0.15, -0.1) is 0 Å². The number of carbonyl (C=O) groups is 1. The van der Waals surface area contributed by atoms with Crippen molar-refractivity contribution in [2.75, 3.05) is 26.4 Å². The molecule has 1 fully saturated rings. The van der Waals surface area contributed by atoms with E-state index < -0.39 is 6.03 Å². The highest BCUT2D eigenvalue weighted by molar-refractivity contribution is 5.71. The van der Waals surface area contributed by atoms with Crippen LogP contribution in [0.25, 0.3) is 0 Å². The predicted molar refractivity (Wildman–Crippen MR) is 38.1 cm³/mol. The van der Waals surface area contributed by atoms with Crippen molar-refractivity contribution in [1.82, 2.24) is 5.32 Å². The third-order valence-electron chi connectivity index (χ3n) is 1.39. The second-order valence-corrected chi connectivity index (χ2v) is 2.31. The zero-order valence-electron chi connectivity index (χ0n) is 6.21. The maximum Gasteiger partial charge on any atom is 0.312 e. The molecular formula is C6H12N2O3. The lowest BCUT2D eigenvalue weighted by Crippen LogP contribution is -2.41. The normalized spacial score (nSPS) is 24.5. The number of nitrogens with one attached hydrogen (secondary N) is 1. The number of amides is 2. The summed E-state index contributed by atoms with van der Waals surface area (Å²) in [5.41, 5.74) is 4.86. The Morgan fingerprint density at radius 3 is 3.00 bits per heavy atom. The third-order valence-corrected chi connectivity index (χ3v) is 1.39. The van der Waals surface area contributed by atoms with E-state index in [1.807, 2.05) is 0 Å². The van der Waals surface area contributed by atoms with E-state index in [1.54, 1.807) is 0 Å². The van der Waals surface area contributed by atoms with Gasteiger partial charge in [-0.25, -0.2) is 4.79 Å². The molecule has 5 nitrogen and oxygen atoms in total. The van der Waals surface area contributed by atoms with Crippen molar-refractivity contribution in [2.45, 2.75) is 6.10 Å². The molecule has 0 aromatic rings. The molecule has 0 spiro atoms. The minimum atomic E-state index is -0.529. The summed E-state index contributed by atoms with van der Waals surface area (Å²) in [6.45, 7) is 2.17. The van der Waals surface area contributed by atoms with Gasteiger partial charge in [-0.1, -0.05) is 0 Å². The highest BCUT2D eigenvalue weighted by Crippen LogP contribution is 1.98. The van der Waals surface area contributed by atoms with Gasteiger partial charge in [0.15, 0.2) is 0 Å². The summed E-state index contributed by atoms with van der Waals surface area (Å²) < 4.78 is 10.3. The van der Waals surface area contributed by atoms with Gasteiger partial charge < -0.3 is 20.5 Å². The monoisotopic (exact) mass is 160 g/mol. The largest absolute Gasteiger partial charge is 0.376 e. The quantitative estimate of drug-likeness (QED) is 0.548. The first-order valence-electron chi connectivity index (χ1n) is 3.51. The Labute approximate surface area is 64.8 Å². The van der Waals surface area contributed by atoms with Crippen molar-refractivity contribution in [3.8, 4) is 0 Å². The molecule has 1 aliphatic heterocycles. The van der Waals surface area contributed by atoms with Crippen molar-refractivity contribution < 1.29 is 14.3 Å². The summed E-state index contributed by atoms with van der Waals surface area (Å²) in [5.74, 6) is 0. The van der Waals surface area contributed by atoms with Crippen LogP contribution in [0.1, 0.15) is 0 Å². The van der Waals surface area contributed by atoms with E-state index in [9.17, 15) is 4.79 Å². The number of urea groups is 1. The van der Waals surface area contributed by atoms with Gasteiger partial charge >= 0.3 is 6.03 Å². The number of carbonyl (C=O) groups excluding carboxylic acids is 1. The van der Waals surface area contributed by atoms with E-state index >= 15 is 0 Å². The molecule has 0 bridgehead atoms. The predicted octanol–water partition coefficient (Wildman–Crippen LogP) is -0.930. The van der Waals surface area contributed by atoms with Crippen molar-refractivity contribution >= 4 is 6.03 Å². The molecule has 64 valence electrons. The van der Waals surface area contributed by atoms with Crippen molar-refractivity contribution in [2.24, 2.45) is 5.73 Å². The van der Waals surface area contributed by atoms with Gasteiger partial charge in [0.05, 0.1) is 25.9 Å². The molecule has 2 amide bonds. The Balaban J connectivity index is 2.09. The molecule has 1 atom stereocenters. The van der Waals surface area contributed by atoms with Crippen LogP contribution >= 0.6 is 0 Å². The van der Waals surface area contributed by atoms with Crippen molar-refractivity contribution in [3.63, 3.8) is 0 Å². The van der Waals surface area contributed by atoms with E-state index in [0.29, 0.717) is 26.4 Å². The topological polar surface area (TPSA) is 73.6 Å². The van der Waals surface area contributed by atoms with Gasteiger partial charge in [-0.2, -0.15) is 0 Å². The average molecular weight is 160 g/mol. The van der Waals surface area contributed by atoms with Crippen LogP contribution in [0.3, 0.4) is 0 Å². The molecule has 1 rings (SSSR count). The first kappa shape index (κ1) is 8.29. The van der Waals surface area contributed by atoms with E-state index in [1.165, 1.54) is 0 Å². The lowest BCUT2D eigenvalue weighted by molar-refractivity contribution is -0.0853. The Hall–Kier alpha value is -0.810. The molecule has 0 aliphatic carbocycles. The van der Waals surface area contributed by atoms with Crippen molar-refractivity contribution in [3.05, 3.63) is 0 Å². The minimum Gasteiger partial charge on any atom is -0.376 e. The number of hydrogen-bond donors (Lipinski definition) is 2. The third kappa shape index (κ3) is 3.20. The molecule has 5 heteroatoms. The van der Waals surface area contributed by atoms with Gasteiger partial charge in [0.1, 0.15) is 0 Å². The molecule has 1 heterocycles.